The molecule has 1 aliphatic heterocycles. The number of piperidine rings is 1. The van der Waals surface area contributed by atoms with Crippen molar-refractivity contribution in [3.05, 3.63) is 48.0 Å². The molecule has 0 aliphatic carbocycles. The molecular formula is C18H24N2. The average Bonchev–Trinajstić information content (AvgIpc) is 2.50. The molecular weight excluding hydrogens is 244 g/mol. The van der Waals surface area contributed by atoms with Gasteiger partial charge in [0.2, 0.25) is 0 Å². The monoisotopic (exact) mass is 268 g/mol. The van der Waals surface area contributed by atoms with Crippen LogP contribution in [0.1, 0.15) is 31.4 Å². The van der Waals surface area contributed by atoms with Crippen molar-refractivity contribution in [2.24, 2.45) is 11.7 Å². The Labute approximate surface area is 121 Å². The third kappa shape index (κ3) is 2.58. The predicted octanol–water partition coefficient (Wildman–Crippen LogP) is 3.57. The molecule has 1 atom stereocenters. The molecule has 1 heterocycles. The minimum Gasteiger partial charge on any atom is -0.329 e. The van der Waals surface area contributed by atoms with Gasteiger partial charge in [0.1, 0.15) is 0 Å². The lowest BCUT2D eigenvalue weighted by Gasteiger charge is -2.36. The molecule has 2 aromatic carbocycles. The summed E-state index contributed by atoms with van der Waals surface area (Å²) in [4.78, 5) is 2.57. The first kappa shape index (κ1) is 13.6. The van der Waals surface area contributed by atoms with Crippen LogP contribution in [0.4, 0.5) is 0 Å². The smallest absolute Gasteiger partial charge is 0.0476 e. The average molecular weight is 268 g/mol. The number of nitrogens with zero attached hydrogens (tertiary/aromatic N) is 1. The van der Waals surface area contributed by atoms with Gasteiger partial charge in [-0.05, 0) is 48.2 Å². The Morgan fingerprint density at radius 2 is 1.80 bits per heavy atom. The van der Waals surface area contributed by atoms with Gasteiger partial charge in [-0.25, -0.2) is 0 Å². The Balaban J connectivity index is 1.95. The summed E-state index contributed by atoms with van der Waals surface area (Å²) in [6, 6.07) is 15.6. The van der Waals surface area contributed by atoms with Crippen molar-refractivity contribution < 1.29 is 0 Å². The standard InChI is InChI=1S/C18H24N2/c1-14-9-11-20(12-10-14)18(13-19)17-8-4-6-15-5-2-3-7-16(15)17/h2-8,14,18H,9-13,19H2,1H3. The topological polar surface area (TPSA) is 29.3 Å². The summed E-state index contributed by atoms with van der Waals surface area (Å²) in [5, 5.41) is 2.66. The maximum Gasteiger partial charge on any atom is 0.0476 e. The summed E-state index contributed by atoms with van der Waals surface area (Å²) in [6.45, 7) is 5.40. The zero-order chi connectivity index (χ0) is 13.9. The second-order valence-corrected chi connectivity index (χ2v) is 6.04. The maximum absolute atomic E-state index is 6.12. The van der Waals surface area contributed by atoms with Gasteiger partial charge >= 0.3 is 0 Å². The van der Waals surface area contributed by atoms with Crippen molar-refractivity contribution in [1.82, 2.24) is 4.90 Å². The zero-order valence-corrected chi connectivity index (χ0v) is 12.3. The molecule has 3 rings (SSSR count). The fourth-order valence-corrected chi connectivity index (χ4v) is 3.35. The Bertz CT molecular complexity index is 565. The molecule has 1 saturated heterocycles. The van der Waals surface area contributed by atoms with Crippen LogP contribution in [0.2, 0.25) is 0 Å². The highest BCUT2D eigenvalue weighted by molar-refractivity contribution is 5.86. The molecule has 2 heteroatoms. The lowest BCUT2D eigenvalue weighted by Crippen LogP contribution is -2.39. The number of benzene rings is 2. The molecule has 1 unspecified atom stereocenters. The minimum atomic E-state index is 0.355. The number of fused-ring (bicyclic) bond motifs is 1. The van der Waals surface area contributed by atoms with Crippen LogP contribution < -0.4 is 5.73 Å². The molecule has 1 aliphatic rings. The molecule has 0 aromatic heterocycles. The highest BCUT2D eigenvalue weighted by Crippen LogP contribution is 2.30. The van der Waals surface area contributed by atoms with Gasteiger partial charge < -0.3 is 5.73 Å². The SMILES string of the molecule is CC1CCN(C(CN)c2cccc3ccccc23)CC1. The molecule has 0 amide bonds. The van der Waals surface area contributed by atoms with E-state index in [0.29, 0.717) is 12.6 Å². The van der Waals surface area contributed by atoms with Crippen LogP contribution in [0, 0.1) is 5.92 Å². The van der Waals surface area contributed by atoms with E-state index in [1.807, 2.05) is 0 Å². The molecule has 1 fully saturated rings. The van der Waals surface area contributed by atoms with Crippen molar-refractivity contribution in [3.8, 4) is 0 Å². The lowest BCUT2D eigenvalue weighted by molar-refractivity contribution is 0.142. The Morgan fingerprint density at radius 3 is 2.55 bits per heavy atom. The Hall–Kier alpha value is -1.38. The van der Waals surface area contributed by atoms with E-state index in [-0.39, 0.29) is 0 Å². The number of hydrogen-bond acceptors (Lipinski definition) is 2. The van der Waals surface area contributed by atoms with E-state index in [1.54, 1.807) is 0 Å². The summed E-state index contributed by atoms with van der Waals surface area (Å²) in [5.41, 5.74) is 7.51. The van der Waals surface area contributed by atoms with E-state index in [2.05, 4.69) is 54.3 Å². The molecule has 2 N–H and O–H groups in total. The van der Waals surface area contributed by atoms with E-state index in [1.165, 1.54) is 42.3 Å². The van der Waals surface area contributed by atoms with Gasteiger partial charge in [0.15, 0.2) is 0 Å². The normalized spacial score (nSPS) is 19.3. The number of likely N-dealkylation sites (tertiary alicyclic amines) is 1. The highest BCUT2D eigenvalue weighted by Gasteiger charge is 2.24. The van der Waals surface area contributed by atoms with Gasteiger partial charge in [-0.2, -0.15) is 0 Å². The first-order valence-electron chi connectivity index (χ1n) is 7.71. The van der Waals surface area contributed by atoms with Crippen LogP contribution in [0.5, 0.6) is 0 Å². The molecule has 0 bridgehead atoms. The van der Waals surface area contributed by atoms with Crippen LogP contribution in [-0.2, 0) is 0 Å². The second kappa shape index (κ2) is 5.94. The minimum absolute atomic E-state index is 0.355. The molecule has 0 spiro atoms. The van der Waals surface area contributed by atoms with E-state index in [0.717, 1.165) is 5.92 Å². The largest absolute Gasteiger partial charge is 0.329 e. The molecule has 2 nitrogen and oxygen atoms in total. The van der Waals surface area contributed by atoms with Crippen LogP contribution >= 0.6 is 0 Å². The van der Waals surface area contributed by atoms with E-state index < -0.39 is 0 Å². The summed E-state index contributed by atoms with van der Waals surface area (Å²) >= 11 is 0. The quantitative estimate of drug-likeness (QED) is 0.922. The van der Waals surface area contributed by atoms with Gasteiger partial charge in [0.25, 0.3) is 0 Å². The van der Waals surface area contributed by atoms with Crippen molar-refractivity contribution in [2.75, 3.05) is 19.6 Å². The Kier molecular flexibility index (Phi) is 4.04. The molecule has 20 heavy (non-hydrogen) atoms. The van der Waals surface area contributed by atoms with E-state index in [4.69, 9.17) is 5.73 Å². The van der Waals surface area contributed by atoms with E-state index in [9.17, 15) is 0 Å². The summed E-state index contributed by atoms with van der Waals surface area (Å²) < 4.78 is 0. The molecule has 0 saturated carbocycles. The predicted molar refractivity (Wildman–Crippen MR) is 85.7 cm³/mol. The lowest BCUT2D eigenvalue weighted by atomic mass is 9.93. The van der Waals surface area contributed by atoms with Crippen molar-refractivity contribution in [2.45, 2.75) is 25.8 Å². The van der Waals surface area contributed by atoms with E-state index >= 15 is 0 Å². The number of nitrogens with two attached hydrogens (primary N) is 1. The molecule has 2 aromatic rings. The van der Waals surface area contributed by atoms with Crippen LogP contribution in [0.15, 0.2) is 42.5 Å². The first-order chi connectivity index (χ1) is 9.79. The van der Waals surface area contributed by atoms with Gasteiger partial charge in [0, 0.05) is 12.6 Å². The summed E-state index contributed by atoms with van der Waals surface area (Å²) in [5.74, 6) is 0.859. The molecule has 106 valence electrons. The third-order valence-electron chi connectivity index (χ3n) is 4.66. The second-order valence-electron chi connectivity index (χ2n) is 6.04. The van der Waals surface area contributed by atoms with Gasteiger partial charge in [0.05, 0.1) is 0 Å². The van der Waals surface area contributed by atoms with Crippen molar-refractivity contribution in [1.29, 1.82) is 0 Å². The summed E-state index contributed by atoms with van der Waals surface area (Å²) in [7, 11) is 0. The van der Waals surface area contributed by atoms with Crippen molar-refractivity contribution >= 4 is 10.8 Å². The van der Waals surface area contributed by atoms with Gasteiger partial charge in [-0.3, -0.25) is 4.90 Å². The Morgan fingerprint density at radius 1 is 1.10 bits per heavy atom. The molecule has 0 radical (unpaired) electrons. The number of rotatable bonds is 3. The van der Waals surface area contributed by atoms with Crippen LogP contribution in [-0.4, -0.2) is 24.5 Å². The zero-order valence-electron chi connectivity index (χ0n) is 12.3. The van der Waals surface area contributed by atoms with Gasteiger partial charge in [-0.1, -0.05) is 49.4 Å². The van der Waals surface area contributed by atoms with Crippen LogP contribution in [0.25, 0.3) is 10.8 Å². The maximum atomic E-state index is 6.12. The fraction of sp³-hybridized carbons (Fsp3) is 0.444. The first-order valence-corrected chi connectivity index (χ1v) is 7.71. The fourth-order valence-electron chi connectivity index (χ4n) is 3.35. The third-order valence-corrected chi connectivity index (χ3v) is 4.66. The van der Waals surface area contributed by atoms with Gasteiger partial charge in [-0.15, -0.1) is 0 Å². The van der Waals surface area contributed by atoms with Crippen molar-refractivity contribution in [3.63, 3.8) is 0 Å². The summed E-state index contributed by atoms with van der Waals surface area (Å²) in [6.07, 6.45) is 2.59. The van der Waals surface area contributed by atoms with Crippen LogP contribution in [0.3, 0.4) is 0 Å². The highest BCUT2D eigenvalue weighted by atomic mass is 15.2. The number of hydrogen-bond donors (Lipinski definition) is 1.